The molecule has 0 aliphatic carbocycles. The van der Waals surface area contributed by atoms with Crippen LogP contribution in [0.3, 0.4) is 0 Å². The summed E-state index contributed by atoms with van der Waals surface area (Å²) >= 11 is 0. The van der Waals surface area contributed by atoms with Crippen LogP contribution in [0.5, 0.6) is 0 Å². The van der Waals surface area contributed by atoms with Gasteiger partial charge in [-0.1, -0.05) is 30.3 Å². The minimum atomic E-state index is -0.358. The Balaban J connectivity index is 1.95. The highest BCUT2D eigenvalue weighted by atomic mass is 16.5. The zero-order chi connectivity index (χ0) is 19.9. The Morgan fingerprint density at radius 2 is 1.68 bits per heavy atom. The summed E-state index contributed by atoms with van der Waals surface area (Å²) in [4.78, 5) is 23.1. The van der Waals surface area contributed by atoms with Crippen molar-refractivity contribution in [1.82, 2.24) is 9.97 Å². The Labute approximate surface area is 165 Å². The van der Waals surface area contributed by atoms with E-state index in [1.807, 2.05) is 48.5 Å². The normalized spacial score (nSPS) is 10.4. The summed E-state index contributed by atoms with van der Waals surface area (Å²) in [6.45, 7) is 5.81. The number of anilines is 3. The van der Waals surface area contributed by atoms with E-state index in [9.17, 15) is 4.79 Å². The van der Waals surface area contributed by atoms with Gasteiger partial charge in [-0.25, -0.2) is 9.78 Å². The maximum Gasteiger partial charge on any atom is 0.337 e. The van der Waals surface area contributed by atoms with E-state index in [2.05, 4.69) is 29.0 Å². The van der Waals surface area contributed by atoms with Crippen molar-refractivity contribution in [3.8, 4) is 11.3 Å². The summed E-state index contributed by atoms with van der Waals surface area (Å²) < 4.78 is 4.74. The molecule has 1 heterocycles. The van der Waals surface area contributed by atoms with Crippen LogP contribution in [0.1, 0.15) is 24.2 Å². The van der Waals surface area contributed by atoms with Gasteiger partial charge < -0.3 is 15.0 Å². The molecule has 1 aromatic heterocycles. The van der Waals surface area contributed by atoms with Crippen molar-refractivity contribution in [3.05, 3.63) is 66.2 Å². The third-order valence-electron chi connectivity index (χ3n) is 4.41. The lowest BCUT2D eigenvalue weighted by Gasteiger charge is -2.20. The largest absolute Gasteiger partial charge is 0.465 e. The van der Waals surface area contributed by atoms with Gasteiger partial charge in [-0.3, -0.25) is 0 Å². The summed E-state index contributed by atoms with van der Waals surface area (Å²) in [5.74, 6) is 1.02. The maximum atomic E-state index is 11.6. The summed E-state index contributed by atoms with van der Waals surface area (Å²) in [5.41, 5.74) is 3.22. The summed E-state index contributed by atoms with van der Waals surface area (Å²) in [7, 11) is 1.37. The van der Waals surface area contributed by atoms with Crippen molar-refractivity contribution in [2.75, 3.05) is 30.4 Å². The van der Waals surface area contributed by atoms with Gasteiger partial charge in [-0.05, 0) is 38.1 Å². The van der Waals surface area contributed by atoms with Gasteiger partial charge in [-0.15, -0.1) is 0 Å². The number of nitrogens with zero attached hydrogens (tertiary/aromatic N) is 3. The molecule has 144 valence electrons. The van der Waals surface area contributed by atoms with Gasteiger partial charge in [0.1, 0.15) is 5.82 Å². The Morgan fingerprint density at radius 1 is 1.00 bits per heavy atom. The second kappa shape index (κ2) is 8.99. The molecule has 1 N–H and O–H groups in total. The molecule has 0 radical (unpaired) electrons. The first-order valence-electron chi connectivity index (χ1n) is 9.29. The molecular formula is C22H24N4O2. The van der Waals surface area contributed by atoms with Crippen LogP contribution in [-0.2, 0) is 4.74 Å². The highest BCUT2D eigenvalue weighted by Crippen LogP contribution is 2.25. The Hall–Kier alpha value is -3.41. The van der Waals surface area contributed by atoms with Crippen LogP contribution in [0.4, 0.5) is 17.5 Å². The van der Waals surface area contributed by atoms with Crippen molar-refractivity contribution < 1.29 is 9.53 Å². The minimum Gasteiger partial charge on any atom is -0.465 e. The number of esters is 1. The second-order valence-corrected chi connectivity index (χ2v) is 6.17. The molecule has 0 spiro atoms. The minimum absolute atomic E-state index is 0.358. The highest BCUT2D eigenvalue weighted by Gasteiger charge is 2.12. The van der Waals surface area contributed by atoms with Crippen LogP contribution < -0.4 is 10.2 Å². The number of hydrogen-bond acceptors (Lipinski definition) is 6. The van der Waals surface area contributed by atoms with E-state index < -0.39 is 0 Å². The summed E-state index contributed by atoms with van der Waals surface area (Å²) in [6.07, 6.45) is 0. The molecule has 0 aliphatic heterocycles. The number of carbonyl (C=O) groups excluding carboxylic acids is 1. The van der Waals surface area contributed by atoms with Crippen molar-refractivity contribution in [2.24, 2.45) is 0 Å². The quantitative estimate of drug-likeness (QED) is 0.612. The third-order valence-corrected chi connectivity index (χ3v) is 4.41. The van der Waals surface area contributed by atoms with Crippen LogP contribution in [0.15, 0.2) is 60.7 Å². The molecular weight excluding hydrogens is 352 g/mol. The first-order valence-corrected chi connectivity index (χ1v) is 9.29. The van der Waals surface area contributed by atoms with E-state index >= 15 is 0 Å². The third kappa shape index (κ3) is 4.46. The van der Waals surface area contributed by atoms with Gasteiger partial charge >= 0.3 is 5.97 Å². The molecule has 0 saturated carbocycles. The number of rotatable bonds is 7. The molecule has 6 nitrogen and oxygen atoms in total. The lowest BCUT2D eigenvalue weighted by atomic mass is 10.1. The fourth-order valence-electron chi connectivity index (χ4n) is 2.86. The van der Waals surface area contributed by atoms with Gasteiger partial charge in [0.2, 0.25) is 5.95 Å². The van der Waals surface area contributed by atoms with E-state index in [1.165, 1.54) is 7.11 Å². The lowest BCUT2D eigenvalue weighted by Crippen LogP contribution is -2.24. The smallest absolute Gasteiger partial charge is 0.337 e. The molecule has 6 heteroatoms. The lowest BCUT2D eigenvalue weighted by molar-refractivity contribution is 0.0601. The number of benzene rings is 2. The topological polar surface area (TPSA) is 67.4 Å². The molecule has 2 aromatic carbocycles. The highest BCUT2D eigenvalue weighted by molar-refractivity contribution is 5.89. The summed E-state index contributed by atoms with van der Waals surface area (Å²) in [5, 5.41) is 3.31. The van der Waals surface area contributed by atoms with Crippen LogP contribution in [0.2, 0.25) is 0 Å². The SMILES string of the molecule is CCN(CC)c1nc(Nc2ccc(C(=O)OC)cc2)cc(-c2ccccc2)n1. The Morgan fingerprint density at radius 3 is 2.29 bits per heavy atom. The molecule has 3 aromatic rings. The fraction of sp³-hybridized carbons (Fsp3) is 0.227. The van der Waals surface area contributed by atoms with E-state index in [4.69, 9.17) is 9.72 Å². The van der Waals surface area contributed by atoms with E-state index in [0.29, 0.717) is 17.3 Å². The van der Waals surface area contributed by atoms with Crippen molar-refractivity contribution >= 4 is 23.4 Å². The van der Waals surface area contributed by atoms with Gasteiger partial charge in [0, 0.05) is 30.4 Å². The maximum absolute atomic E-state index is 11.6. The number of hydrogen-bond donors (Lipinski definition) is 1. The fourth-order valence-corrected chi connectivity index (χ4v) is 2.86. The monoisotopic (exact) mass is 376 g/mol. The first kappa shape index (κ1) is 19.4. The number of aromatic nitrogens is 2. The number of carbonyl (C=O) groups is 1. The number of methoxy groups -OCH3 is 1. The molecule has 3 rings (SSSR count). The van der Waals surface area contributed by atoms with Crippen LogP contribution in [0, 0.1) is 0 Å². The van der Waals surface area contributed by atoms with Gasteiger partial charge in [0.15, 0.2) is 0 Å². The predicted octanol–water partition coefficient (Wildman–Crippen LogP) is 4.52. The van der Waals surface area contributed by atoms with Crippen LogP contribution in [-0.4, -0.2) is 36.1 Å². The van der Waals surface area contributed by atoms with Crippen molar-refractivity contribution in [1.29, 1.82) is 0 Å². The van der Waals surface area contributed by atoms with E-state index in [1.54, 1.807) is 12.1 Å². The summed E-state index contributed by atoms with van der Waals surface area (Å²) in [6, 6.07) is 19.1. The standard InChI is InChI=1S/C22H24N4O2/c1-4-26(5-2)22-24-19(16-9-7-6-8-10-16)15-20(25-22)23-18-13-11-17(12-14-18)21(27)28-3/h6-15H,4-5H2,1-3H3,(H,23,24,25). The predicted molar refractivity (Wildman–Crippen MR) is 112 cm³/mol. The zero-order valence-corrected chi connectivity index (χ0v) is 16.3. The number of nitrogens with one attached hydrogen (secondary N) is 1. The molecule has 0 unspecified atom stereocenters. The van der Waals surface area contributed by atoms with Crippen LogP contribution in [0.25, 0.3) is 11.3 Å². The van der Waals surface area contributed by atoms with Crippen molar-refractivity contribution in [3.63, 3.8) is 0 Å². The van der Waals surface area contributed by atoms with Crippen LogP contribution >= 0.6 is 0 Å². The molecule has 0 amide bonds. The first-order chi connectivity index (χ1) is 13.6. The van der Waals surface area contributed by atoms with Crippen molar-refractivity contribution in [2.45, 2.75) is 13.8 Å². The molecule has 0 atom stereocenters. The van der Waals surface area contributed by atoms with Gasteiger partial charge in [0.25, 0.3) is 0 Å². The molecule has 0 saturated heterocycles. The molecule has 0 bridgehead atoms. The average molecular weight is 376 g/mol. The molecule has 0 aliphatic rings. The Kier molecular flexibility index (Phi) is 6.22. The molecule has 0 fully saturated rings. The average Bonchev–Trinajstić information content (AvgIpc) is 2.75. The zero-order valence-electron chi connectivity index (χ0n) is 16.3. The van der Waals surface area contributed by atoms with Gasteiger partial charge in [0.05, 0.1) is 18.4 Å². The van der Waals surface area contributed by atoms with E-state index in [0.717, 1.165) is 30.0 Å². The second-order valence-electron chi connectivity index (χ2n) is 6.17. The van der Waals surface area contributed by atoms with E-state index in [-0.39, 0.29) is 5.97 Å². The number of ether oxygens (including phenoxy) is 1. The Bertz CT molecular complexity index is 923. The molecule has 28 heavy (non-hydrogen) atoms. The van der Waals surface area contributed by atoms with Gasteiger partial charge in [-0.2, -0.15) is 4.98 Å².